The third-order valence-corrected chi connectivity index (χ3v) is 3.90. The van der Waals surface area contributed by atoms with Gasteiger partial charge in [0, 0.05) is 28.9 Å². The number of carbonyl (C=O) groups is 2. The molecular formula is C17H17ClFN3O2. The summed E-state index contributed by atoms with van der Waals surface area (Å²) in [6.07, 6.45) is 0. The summed E-state index contributed by atoms with van der Waals surface area (Å²) in [6.45, 7) is 1.74. The summed E-state index contributed by atoms with van der Waals surface area (Å²) in [6, 6.07) is 8.69. The molecule has 3 amide bonds. The zero-order valence-corrected chi connectivity index (χ0v) is 14.0. The molecule has 0 aliphatic carbocycles. The number of aryl methyl sites for hydroxylation is 1. The van der Waals surface area contributed by atoms with Crippen molar-refractivity contribution in [3.8, 4) is 0 Å². The van der Waals surface area contributed by atoms with Gasteiger partial charge in [0.15, 0.2) is 0 Å². The van der Waals surface area contributed by atoms with Crippen LogP contribution in [0.3, 0.4) is 0 Å². The van der Waals surface area contributed by atoms with Gasteiger partial charge in [-0.1, -0.05) is 17.7 Å². The fourth-order valence-corrected chi connectivity index (χ4v) is 2.45. The predicted molar refractivity (Wildman–Crippen MR) is 91.6 cm³/mol. The third kappa shape index (κ3) is 4.02. The van der Waals surface area contributed by atoms with Crippen LogP contribution in [0.5, 0.6) is 0 Å². The molecule has 0 saturated heterocycles. The first-order valence-electron chi connectivity index (χ1n) is 7.15. The molecule has 7 heteroatoms. The number of hydrogen-bond donors (Lipinski definition) is 2. The van der Waals surface area contributed by atoms with Crippen molar-refractivity contribution in [2.75, 3.05) is 12.4 Å². The molecule has 0 radical (unpaired) electrons. The summed E-state index contributed by atoms with van der Waals surface area (Å²) < 4.78 is 13.8. The Bertz CT molecular complexity index is 775. The number of amides is 3. The lowest BCUT2D eigenvalue weighted by molar-refractivity contribution is 0.0999. The number of nitrogens with one attached hydrogen (secondary N) is 1. The number of urea groups is 1. The number of carbonyl (C=O) groups excluding carboxylic acids is 2. The van der Waals surface area contributed by atoms with Crippen LogP contribution in [0, 0.1) is 12.7 Å². The molecule has 126 valence electrons. The second-order valence-electron chi connectivity index (χ2n) is 5.38. The molecule has 0 aromatic heterocycles. The Morgan fingerprint density at radius 2 is 2.00 bits per heavy atom. The highest BCUT2D eigenvalue weighted by Crippen LogP contribution is 2.21. The van der Waals surface area contributed by atoms with E-state index in [1.807, 2.05) is 0 Å². The highest BCUT2D eigenvalue weighted by molar-refractivity contribution is 6.31. The molecule has 2 aromatic rings. The van der Waals surface area contributed by atoms with E-state index in [-0.39, 0.29) is 17.1 Å². The van der Waals surface area contributed by atoms with Crippen LogP contribution in [0.25, 0.3) is 0 Å². The first-order valence-corrected chi connectivity index (χ1v) is 7.53. The van der Waals surface area contributed by atoms with Crippen LogP contribution in [0.2, 0.25) is 5.02 Å². The number of halogens is 2. The van der Waals surface area contributed by atoms with Crippen molar-refractivity contribution in [3.05, 3.63) is 63.9 Å². The molecule has 0 unspecified atom stereocenters. The Kier molecular flexibility index (Phi) is 5.41. The summed E-state index contributed by atoms with van der Waals surface area (Å²) >= 11 is 5.96. The Hall–Kier alpha value is -2.60. The van der Waals surface area contributed by atoms with Gasteiger partial charge in [-0.15, -0.1) is 0 Å². The van der Waals surface area contributed by atoms with Crippen LogP contribution < -0.4 is 11.1 Å². The fraction of sp³-hybridized carbons (Fsp3) is 0.176. The molecule has 0 atom stereocenters. The van der Waals surface area contributed by atoms with E-state index < -0.39 is 17.8 Å². The molecule has 5 nitrogen and oxygen atoms in total. The van der Waals surface area contributed by atoms with Crippen LogP contribution >= 0.6 is 11.6 Å². The first kappa shape index (κ1) is 17.7. The van der Waals surface area contributed by atoms with Gasteiger partial charge in [0.1, 0.15) is 5.82 Å². The van der Waals surface area contributed by atoms with E-state index in [1.165, 1.54) is 24.1 Å². The van der Waals surface area contributed by atoms with Gasteiger partial charge in [-0.3, -0.25) is 4.79 Å². The quantitative estimate of drug-likeness (QED) is 0.885. The van der Waals surface area contributed by atoms with Crippen LogP contribution in [0.1, 0.15) is 21.5 Å². The van der Waals surface area contributed by atoms with Crippen molar-refractivity contribution >= 4 is 29.2 Å². The molecule has 0 aliphatic heterocycles. The normalized spacial score (nSPS) is 10.3. The lowest BCUT2D eigenvalue weighted by Gasteiger charge is -2.19. The van der Waals surface area contributed by atoms with Crippen molar-refractivity contribution < 1.29 is 14.0 Å². The highest BCUT2D eigenvalue weighted by Gasteiger charge is 2.15. The van der Waals surface area contributed by atoms with Gasteiger partial charge in [0.2, 0.25) is 5.91 Å². The topological polar surface area (TPSA) is 75.4 Å². The zero-order chi connectivity index (χ0) is 17.9. The van der Waals surface area contributed by atoms with E-state index in [9.17, 15) is 14.0 Å². The van der Waals surface area contributed by atoms with Crippen LogP contribution in [-0.4, -0.2) is 23.9 Å². The van der Waals surface area contributed by atoms with E-state index >= 15 is 0 Å². The average Bonchev–Trinajstić information content (AvgIpc) is 2.50. The van der Waals surface area contributed by atoms with Gasteiger partial charge in [0.05, 0.1) is 6.54 Å². The Morgan fingerprint density at radius 3 is 2.58 bits per heavy atom. The Balaban J connectivity index is 2.09. The maximum Gasteiger partial charge on any atom is 0.321 e. The Labute approximate surface area is 144 Å². The second kappa shape index (κ2) is 7.31. The molecule has 0 fully saturated rings. The molecule has 2 aromatic carbocycles. The summed E-state index contributed by atoms with van der Waals surface area (Å²) in [5.41, 5.74) is 7.04. The van der Waals surface area contributed by atoms with Gasteiger partial charge < -0.3 is 16.0 Å². The summed E-state index contributed by atoms with van der Waals surface area (Å²) in [5.74, 6) is -1.000. The molecule has 0 spiro atoms. The fourth-order valence-electron chi connectivity index (χ4n) is 2.23. The maximum atomic E-state index is 13.8. The standard InChI is InChI=1S/C17H17ClFN3O2/c1-10-8-11(6-7-12(10)16(20)23)21-17(24)22(2)9-13-14(18)4-3-5-15(13)19/h3-8H,9H2,1-2H3,(H2,20,23)(H,21,24). The number of hydrogen-bond acceptors (Lipinski definition) is 2. The molecule has 2 rings (SSSR count). The number of anilines is 1. The summed E-state index contributed by atoms with van der Waals surface area (Å²) in [5, 5.41) is 2.94. The molecule has 0 saturated carbocycles. The minimum atomic E-state index is -0.531. The van der Waals surface area contributed by atoms with E-state index in [1.54, 1.807) is 31.2 Å². The maximum absolute atomic E-state index is 13.8. The van der Waals surface area contributed by atoms with Gasteiger partial charge in [-0.05, 0) is 42.8 Å². The van der Waals surface area contributed by atoms with E-state index in [4.69, 9.17) is 17.3 Å². The number of nitrogens with zero attached hydrogens (tertiary/aromatic N) is 1. The highest BCUT2D eigenvalue weighted by atomic mass is 35.5. The molecule has 0 aliphatic rings. The third-order valence-electron chi connectivity index (χ3n) is 3.55. The lowest BCUT2D eigenvalue weighted by Crippen LogP contribution is -2.31. The van der Waals surface area contributed by atoms with Gasteiger partial charge >= 0.3 is 6.03 Å². The van der Waals surface area contributed by atoms with E-state index in [0.717, 1.165) is 0 Å². The number of nitrogens with two attached hydrogens (primary N) is 1. The zero-order valence-electron chi connectivity index (χ0n) is 13.3. The average molecular weight is 350 g/mol. The monoisotopic (exact) mass is 349 g/mol. The van der Waals surface area contributed by atoms with Gasteiger partial charge in [-0.2, -0.15) is 0 Å². The summed E-state index contributed by atoms with van der Waals surface area (Å²) in [7, 11) is 1.53. The van der Waals surface area contributed by atoms with Crippen molar-refractivity contribution in [1.29, 1.82) is 0 Å². The minimum absolute atomic E-state index is 0.0235. The molecule has 24 heavy (non-hydrogen) atoms. The molecule has 0 bridgehead atoms. The Morgan fingerprint density at radius 1 is 1.29 bits per heavy atom. The minimum Gasteiger partial charge on any atom is -0.366 e. The van der Waals surface area contributed by atoms with Crippen molar-refractivity contribution in [1.82, 2.24) is 4.90 Å². The SMILES string of the molecule is Cc1cc(NC(=O)N(C)Cc2c(F)cccc2Cl)ccc1C(N)=O. The largest absolute Gasteiger partial charge is 0.366 e. The molecule has 3 N–H and O–H groups in total. The van der Waals surface area contributed by atoms with Crippen LogP contribution in [0.15, 0.2) is 36.4 Å². The van der Waals surface area contributed by atoms with Gasteiger partial charge in [-0.25, -0.2) is 9.18 Å². The van der Waals surface area contributed by atoms with Crippen molar-refractivity contribution in [2.24, 2.45) is 5.73 Å². The van der Waals surface area contributed by atoms with Gasteiger partial charge in [0.25, 0.3) is 0 Å². The molecular weight excluding hydrogens is 333 g/mol. The van der Waals surface area contributed by atoms with Crippen molar-refractivity contribution in [3.63, 3.8) is 0 Å². The smallest absolute Gasteiger partial charge is 0.321 e. The predicted octanol–water partition coefficient (Wildman–Crippen LogP) is 3.55. The number of primary amides is 1. The molecule has 0 heterocycles. The number of rotatable bonds is 4. The number of benzene rings is 2. The van der Waals surface area contributed by atoms with Crippen molar-refractivity contribution in [2.45, 2.75) is 13.5 Å². The lowest BCUT2D eigenvalue weighted by atomic mass is 10.1. The first-order chi connectivity index (χ1) is 11.3. The van der Waals surface area contributed by atoms with E-state index in [2.05, 4.69) is 5.32 Å². The summed E-state index contributed by atoms with van der Waals surface area (Å²) in [4.78, 5) is 24.7. The second-order valence-corrected chi connectivity index (χ2v) is 5.79. The van der Waals surface area contributed by atoms with Crippen LogP contribution in [0.4, 0.5) is 14.9 Å². The van der Waals surface area contributed by atoms with E-state index in [0.29, 0.717) is 16.8 Å². The van der Waals surface area contributed by atoms with Crippen LogP contribution in [-0.2, 0) is 6.54 Å².